The molecule has 0 aliphatic heterocycles. The summed E-state index contributed by atoms with van der Waals surface area (Å²) in [4.78, 5) is 11.3. The van der Waals surface area contributed by atoms with Gasteiger partial charge in [-0.2, -0.15) is 0 Å². The molecule has 5 heteroatoms. The van der Waals surface area contributed by atoms with E-state index in [9.17, 15) is 13.6 Å². The molecule has 1 nitrogen and oxygen atoms in total. The van der Waals surface area contributed by atoms with E-state index in [4.69, 9.17) is 0 Å². The lowest BCUT2D eigenvalue weighted by molar-refractivity contribution is 0.0994. The quantitative estimate of drug-likeness (QED) is 0.431. The Morgan fingerprint density at radius 2 is 2.07 bits per heavy atom. The van der Waals surface area contributed by atoms with Crippen LogP contribution in [0.25, 0.3) is 0 Å². The van der Waals surface area contributed by atoms with Crippen molar-refractivity contribution >= 4 is 44.3 Å². The standard InChI is InChI=1S/C10H8BrF2IO/c1-5(11)9(15)7-4-6(10(12)13)2-3-8(7)14/h2-5,10H,1H3. The lowest BCUT2D eigenvalue weighted by Crippen LogP contribution is -2.12. The van der Waals surface area contributed by atoms with Crippen LogP contribution in [0.5, 0.6) is 0 Å². The Hall–Kier alpha value is -0.0400. The van der Waals surface area contributed by atoms with Gasteiger partial charge < -0.3 is 0 Å². The number of carbonyl (C=O) groups is 1. The minimum Gasteiger partial charge on any atom is -0.293 e. The molecule has 0 N–H and O–H groups in total. The van der Waals surface area contributed by atoms with Gasteiger partial charge in [0.15, 0.2) is 5.78 Å². The van der Waals surface area contributed by atoms with Crippen LogP contribution in [0.1, 0.15) is 29.3 Å². The Kier molecular flexibility index (Phi) is 4.64. The normalized spacial score (nSPS) is 12.9. The van der Waals surface area contributed by atoms with Gasteiger partial charge in [-0.3, -0.25) is 4.79 Å². The number of benzene rings is 1. The van der Waals surface area contributed by atoms with Crippen LogP contribution in [-0.2, 0) is 0 Å². The summed E-state index contributed by atoms with van der Waals surface area (Å²) in [6.07, 6.45) is -2.54. The number of hydrogen-bond acceptors (Lipinski definition) is 1. The first-order valence-corrected chi connectivity index (χ1v) is 6.18. The molecule has 0 spiro atoms. The molecule has 0 saturated heterocycles. The van der Waals surface area contributed by atoms with Gasteiger partial charge in [-0.05, 0) is 41.6 Å². The predicted octanol–water partition coefficient (Wildman–Crippen LogP) is 4.19. The van der Waals surface area contributed by atoms with Crippen LogP contribution in [0.3, 0.4) is 0 Å². The molecule has 0 saturated carbocycles. The van der Waals surface area contributed by atoms with Crippen LogP contribution in [0.4, 0.5) is 8.78 Å². The molecule has 1 rings (SSSR count). The summed E-state index contributed by atoms with van der Waals surface area (Å²) in [6, 6.07) is 4.12. The summed E-state index contributed by atoms with van der Waals surface area (Å²) in [5.41, 5.74) is 0.227. The van der Waals surface area contributed by atoms with E-state index >= 15 is 0 Å². The molecule has 0 bridgehead atoms. The van der Waals surface area contributed by atoms with E-state index in [1.54, 1.807) is 6.92 Å². The average molecular weight is 389 g/mol. The Morgan fingerprint density at radius 1 is 1.47 bits per heavy atom. The van der Waals surface area contributed by atoms with Crippen LogP contribution in [0.15, 0.2) is 18.2 Å². The van der Waals surface area contributed by atoms with Crippen LogP contribution < -0.4 is 0 Å². The van der Waals surface area contributed by atoms with Crippen molar-refractivity contribution in [3.05, 3.63) is 32.9 Å². The second-order valence-corrected chi connectivity index (χ2v) is 5.56. The third-order valence-corrected chi connectivity index (χ3v) is 3.23. The molecule has 0 fully saturated rings. The summed E-state index contributed by atoms with van der Waals surface area (Å²) in [7, 11) is 0. The largest absolute Gasteiger partial charge is 0.293 e. The zero-order valence-electron chi connectivity index (χ0n) is 7.81. The topological polar surface area (TPSA) is 17.1 Å². The zero-order valence-corrected chi connectivity index (χ0v) is 11.6. The fourth-order valence-electron chi connectivity index (χ4n) is 1.08. The number of halogens is 4. The minimum absolute atomic E-state index is 0.119. The van der Waals surface area contributed by atoms with Crippen LogP contribution in [0.2, 0.25) is 0 Å². The molecule has 0 aliphatic rings. The van der Waals surface area contributed by atoms with Crippen LogP contribution in [0, 0.1) is 3.57 Å². The van der Waals surface area contributed by atoms with Gasteiger partial charge in [-0.15, -0.1) is 0 Å². The first-order chi connectivity index (χ1) is 6.93. The maximum absolute atomic E-state index is 12.4. The second kappa shape index (κ2) is 5.34. The maximum atomic E-state index is 12.4. The van der Waals surface area contributed by atoms with Gasteiger partial charge in [0.2, 0.25) is 0 Å². The van der Waals surface area contributed by atoms with Crippen molar-refractivity contribution in [2.75, 3.05) is 0 Å². The molecule has 0 aromatic heterocycles. The number of carbonyl (C=O) groups excluding carboxylic acids is 1. The molecule has 1 atom stereocenters. The van der Waals surface area contributed by atoms with E-state index in [-0.39, 0.29) is 16.2 Å². The molecule has 15 heavy (non-hydrogen) atoms. The summed E-state index contributed by atoms with van der Waals surface area (Å²) < 4.78 is 25.5. The average Bonchev–Trinajstić information content (AvgIpc) is 2.16. The fourth-order valence-corrected chi connectivity index (χ4v) is 1.93. The number of rotatable bonds is 3. The first-order valence-electron chi connectivity index (χ1n) is 4.19. The van der Waals surface area contributed by atoms with Gasteiger partial charge in [0.1, 0.15) is 0 Å². The van der Waals surface area contributed by atoms with Crippen molar-refractivity contribution in [2.24, 2.45) is 0 Å². The number of alkyl halides is 3. The van der Waals surface area contributed by atoms with E-state index in [2.05, 4.69) is 15.9 Å². The zero-order chi connectivity index (χ0) is 11.6. The SMILES string of the molecule is CC(Br)C(=O)c1cc(C(F)F)ccc1I. The minimum atomic E-state index is -2.54. The van der Waals surface area contributed by atoms with Crippen molar-refractivity contribution in [3.63, 3.8) is 0 Å². The molecule has 0 heterocycles. The molecule has 0 amide bonds. The highest BCUT2D eigenvalue weighted by atomic mass is 127. The van der Waals surface area contributed by atoms with E-state index in [0.29, 0.717) is 9.13 Å². The van der Waals surface area contributed by atoms with Gasteiger partial charge in [0.25, 0.3) is 6.43 Å². The lowest BCUT2D eigenvalue weighted by Gasteiger charge is -2.08. The monoisotopic (exact) mass is 388 g/mol. The Morgan fingerprint density at radius 3 is 2.53 bits per heavy atom. The molecule has 1 unspecified atom stereocenters. The number of ketones is 1. The Labute approximate surface area is 109 Å². The van der Waals surface area contributed by atoms with Crippen molar-refractivity contribution < 1.29 is 13.6 Å². The van der Waals surface area contributed by atoms with Gasteiger partial charge in [0, 0.05) is 14.7 Å². The highest BCUT2D eigenvalue weighted by Crippen LogP contribution is 2.24. The Bertz CT molecular complexity index is 380. The van der Waals surface area contributed by atoms with E-state index in [1.807, 2.05) is 22.6 Å². The molecule has 1 aromatic rings. The predicted molar refractivity (Wildman–Crippen MR) is 66.8 cm³/mol. The first kappa shape index (κ1) is 13.0. The summed E-state index contributed by atoms with van der Waals surface area (Å²) >= 11 is 5.09. The molecule has 0 radical (unpaired) electrons. The van der Waals surface area contributed by atoms with Crippen molar-refractivity contribution in [3.8, 4) is 0 Å². The number of hydrogen-bond donors (Lipinski definition) is 0. The van der Waals surface area contributed by atoms with Crippen LogP contribution >= 0.6 is 38.5 Å². The fraction of sp³-hybridized carbons (Fsp3) is 0.300. The van der Waals surface area contributed by atoms with E-state index < -0.39 is 6.43 Å². The molecular formula is C10H8BrF2IO. The van der Waals surface area contributed by atoms with Gasteiger partial charge in [0.05, 0.1) is 4.83 Å². The van der Waals surface area contributed by atoms with Crippen molar-refractivity contribution in [1.29, 1.82) is 0 Å². The van der Waals surface area contributed by atoms with Gasteiger partial charge in [-0.25, -0.2) is 8.78 Å². The summed E-state index contributed by atoms with van der Waals surface area (Å²) in [5, 5.41) is 0. The summed E-state index contributed by atoms with van der Waals surface area (Å²) in [5.74, 6) is -0.179. The molecule has 0 aliphatic carbocycles. The molecular weight excluding hydrogens is 381 g/mol. The second-order valence-electron chi connectivity index (χ2n) is 3.02. The maximum Gasteiger partial charge on any atom is 0.263 e. The smallest absolute Gasteiger partial charge is 0.263 e. The highest BCUT2D eigenvalue weighted by Gasteiger charge is 2.17. The third-order valence-electron chi connectivity index (χ3n) is 1.87. The van der Waals surface area contributed by atoms with Crippen molar-refractivity contribution in [1.82, 2.24) is 0 Å². The lowest BCUT2D eigenvalue weighted by atomic mass is 10.1. The van der Waals surface area contributed by atoms with Gasteiger partial charge >= 0.3 is 0 Å². The van der Waals surface area contributed by atoms with E-state index in [1.165, 1.54) is 18.2 Å². The molecule has 82 valence electrons. The summed E-state index contributed by atoms with van der Waals surface area (Å²) in [6.45, 7) is 1.67. The van der Waals surface area contributed by atoms with Crippen LogP contribution in [-0.4, -0.2) is 10.6 Å². The number of Topliss-reactive ketones (excluding diaryl/α,β-unsaturated/α-hetero) is 1. The molecule has 1 aromatic carbocycles. The Balaban J connectivity index is 3.16. The third kappa shape index (κ3) is 3.21. The van der Waals surface area contributed by atoms with E-state index in [0.717, 1.165) is 0 Å². The highest BCUT2D eigenvalue weighted by molar-refractivity contribution is 14.1. The van der Waals surface area contributed by atoms with Gasteiger partial charge in [-0.1, -0.05) is 22.0 Å². The van der Waals surface area contributed by atoms with Crippen molar-refractivity contribution in [2.45, 2.75) is 18.2 Å².